The molecule has 0 unspecified atom stereocenters. The van der Waals surface area contributed by atoms with Gasteiger partial charge < -0.3 is 5.32 Å². The molecule has 2 aromatic rings. The maximum Gasteiger partial charge on any atom is 0.209 e. The lowest BCUT2D eigenvalue weighted by Crippen LogP contribution is -2.20. The van der Waals surface area contributed by atoms with E-state index in [1.54, 1.807) is 0 Å². The zero-order chi connectivity index (χ0) is 17.9. The van der Waals surface area contributed by atoms with Crippen molar-refractivity contribution in [3.05, 3.63) is 40.5 Å². The Kier molecular flexibility index (Phi) is 5.56. The van der Waals surface area contributed by atoms with Crippen LogP contribution in [0.2, 0.25) is 5.02 Å². The summed E-state index contributed by atoms with van der Waals surface area (Å²) in [4.78, 5) is 9.40. The highest BCUT2D eigenvalue weighted by Gasteiger charge is 2.18. The first-order valence-corrected chi connectivity index (χ1v) is 10.4. The molecule has 1 aliphatic carbocycles. The third-order valence-electron chi connectivity index (χ3n) is 4.16. The van der Waals surface area contributed by atoms with Crippen LogP contribution in [0.15, 0.2) is 24.3 Å². The van der Waals surface area contributed by atoms with E-state index in [0.29, 0.717) is 23.8 Å². The van der Waals surface area contributed by atoms with Gasteiger partial charge in [-0.2, -0.15) is 0 Å². The van der Waals surface area contributed by atoms with E-state index in [1.165, 1.54) is 0 Å². The van der Waals surface area contributed by atoms with Crippen molar-refractivity contribution in [3.63, 3.8) is 0 Å². The van der Waals surface area contributed by atoms with Crippen LogP contribution in [-0.4, -0.2) is 30.7 Å². The molecule has 6 nitrogen and oxygen atoms in total. The van der Waals surface area contributed by atoms with Gasteiger partial charge in [-0.25, -0.2) is 23.5 Å². The topological polar surface area (TPSA) is 98.0 Å². The number of hydrogen-bond acceptors (Lipinski definition) is 5. The van der Waals surface area contributed by atoms with Gasteiger partial charge in [-0.1, -0.05) is 23.7 Å². The van der Waals surface area contributed by atoms with Crippen molar-refractivity contribution in [2.75, 3.05) is 17.6 Å². The number of benzene rings is 1. The van der Waals surface area contributed by atoms with Crippen LogP contribution in [-0.2, 0) is 22.9 Å². The van der Waals surface area contributed by atoms with Crippen LogP contribution >= 0.6 is 11.6 Å². The van der Waals surface area contributed by atoms with Crippen molar-refractivity contribution in [2.24, 2.45) is 5.14 Å². The number of halogens is 1. The number of anilines is 1. The smallest absolute Gasteiger partial charge is 0.209 e. The number of nitrogens with zero attached hydrogens (tertiary/aromatic N) is 2. The first kappa shape index (κ1) is 18.1. The first-order chi connectivity index (χ1) is 11.9. The molecule has 3 rings (SSSR count). The van der Waals surface area contributed by atoms with E-state index in [-0.39, 0.29) is 5.75 Å². The van der Waals surface area contributed by atoms with Crippen LogP contribution in [0.5, 0.6) is 0 Å². The molecule has 134 valence electrons. The Morgan fingerprint density at radius 3 is 2.76 bits per heavy atom. The third kappa shape index (κ3) is 4.90. The van der Waals surface area contributed by atoms with E-state index in [4.69, 9.17) is 21.7 Å². The second-order valence-electron chi connectivity index (χ2n) is 6.19. The molecule has 0 atom stereocenters. The van der Waals surface area contributed by atoms with Gasteiger partial charge in [0.2, 0.25) is 10.0 Å². The van der Waals surface area contributed by atoms with Gasteiger partial charge in [-0.15, -0.1) is 0 Å². The van der Waals surface area contributed by atoms with Gasteiger partial charge in [-0.3, -0.25) is 0 Å². The fraction of sp³-hybridized carbons (Fsp3) is 0.412. The van der Waals surface area contributed by atoms with Crippen LogP contribution in [0.25, 0.3) is 11.4 Å². The molecule has 0 spiro atoms. The summed E-state index contributed by atoms with van der Waals surface area (Å²) in [5, 5.41) is 8.95. The number of nitrogens with two attached hydrogens (primary N) is 1. The highest BCUT2D eigenvalue weighted by atomic mass is 35.5. The van der Waals surface area contributed by atoms with E-state index >= 15 is 0 Å². The van der Waals surface area contributed by atoms with E-state index in [9.17, 15) is 8.42 Å². The molecule has 8 heteroatoms. The molecule has 0 amide bonds. The predicted molar refractivity (Wildman–Crippen MR) is 100 cm³/mol. The molecule has 1 aliphatic rings. The molecule has 1 aromatic heterocycles. The van der Waals surface area contributed by atoms with Gasteiger partial charge in [0.05, 0.1) is 5.75 Å². The van der Waals surface area contributed by atoms with Gasteiger partial charge in [0.1, 0.15) is 5.82 Å². The van der Waals surface area contributed by atoms with Gasteiger partial charge in [-0.05, 0) is 44.2 Å². The first-order valence-electron chi connectivity index (χ1n) is 8.32. The number of hydrogen-bond donors (Lipinski definition) is 2. The lowest BCUT2D eigenvalue weighted by molar-refractivity contribution is 0.595. The monoisotopic (exact) mass is 380 g/mol. The quantitative estimate of drug-likeness (QED) is 0.751. The molecular weight excluding hydrogens is 360 g/mol. The van der Waals surface area contributed by atoms with Crippen molar-refractivity contribution in [3.8, 4) is 11.4 Å². The minimum Gasteiger partial charge on any atom is -0.370 e. The number of sulfonamides is 1. The predicted octanol–water partition coefficient (Wildman–Crippen LogP) is 2.77. The van der Waals surface area contributed by atoms with Crippen LogP contribution < -0.4 is 10.5 Å². The van der Waals surface area contributed by atoms with Gasteiger partial charge in [0.15, 0.2) is 5.82 Å². The molecule has 0 bridgehead atoms. The number of nitrogens with one attached hydrogen (secondary N) is 1. The van der Waals surface area contributed by atoms with E-state index in [0.717, 1.165) is 48.3 Å². The van der Waals surface area contributed by atoms with Crippen molar-refractivity contribution < 1.29 is 8.42 Å². The highest BCUT2D eigenvalue weighted by molar-refractivity contribution is 7.89. The molecule has 0 saturated heterocycles. The van der Waals surface area contributed by atoms with Crippen molar-refractivity contribution in [2.45, 2.75) is 32.1 Å². The van der Waals surface area contributed by atoms with Crippen molar-refractivity contribution in [1.29, 1.82) is 0 Å². The molecule has 25 heavy (non-hydrogen) atoms. The van der Waals surface area contributed by atoms with Crippen LogP contribution in [0.4, 0.5) is 5.82 Å². The van der Waals surface area contributed by atoms with Crippen molar-refractivity contribution >= 4 is 27.4 Å². The molecule has 1 aromatic carbocycles. The molecular formula is C17H21ClN4O2S. The Bertz CT molecular complexity index is 871. The van der Waals surface area contributed by atoms with Gasteiger partial charge in [0, 0.05) is 28.4 Å². The summed E-state index contributed by atoms with van der Waals surface area (Å²) in [6.07, 6.45) is 4.52. The van der Waals surface area contributed by atoms with Gasteiger partial charge >= 0.3 is 0 Å². The minimum absolute atomic E-state index is 0.0472. The maximum absolute atomic E-state index is 11.1. The summed E-state index contributed by atoms with van der Waals surface area (Å²) in [6, 6.07) is 7.47. The highest BCUT2D eigenvalue weighted by Crippen LogP contribution is 2.29. The zero-order valence-corrected chi connectivity index (χ0v) is 15.4. The molecule has 0 fully saturated rings. The summed E-state index contributed by atoms with van der Waals surface area (Å²) in [5.74, 6) is 1.38. The molecule has 3 N–H and O–H groups in total. The third-order valence-corrected chi connectivity index (χ3v) is 5.26. The zero-order valence-electron chi connectivity index (χ0n) is 13.8. The fourth-order valence-corrected chi connectivity index (χ4v) is 3.71. The average molecular weight is 381 g/mol. The molecule has 1 heterocycles. The largest absolute Gasteiger partial charge is 0.370 e. The van der Waals surface area contributed by atoms with Crippen LogP contribution in [0.1, 0.15) is 30.5 Å². The fourth-order valence-electron chi connectivity index (χ4n) is 2.98. The summed E-state index contributed by atoms with van der Waals surface area (Å²) >= 11 is 6.08. The minimum atomic E-state index is -3.44. The van der Waals surface area contributed by atoms with Crippen LogP contribution in [0, 0.1) is 0 Å². The number of rotatable bonds is 6. The van der Waals surface area contributed by atoms with Gasteiger partial charge in [0.25, 0.3) is 0 Å². The average Bonchev–Trinajstić information content (AvgIpc) is 2.57. The normalized spacial score (nSPS) is 14.2. The number of primary sulfonamides is 1. The van der Waals surface area contributed by atoms with E-state index < -0.39 is 10.0 Å². The lowest BCUT2D eigenvalue weighted by atomic mass is 9.96. The summed E-state index contributed by atoms with van der Waals surface area (Å²) < 4.78 is 22.1. The van der Waals surface area contributed by atoms with Crippen LogP contribution in [0.3, 0.4) is 0 Å². The number of fused-ring (bicyclic) bond motifs is 1. The Labute approximate surface area is 152 Å². The molecule has 0 radical (unpaired) electrons. The van der Waals surface area contributed by atoms with E-state index in [1.807, 2.05) is 24.3 Å². The summed E-state index contributed by atoms with van der Waals surface area (Å²) in [6.45, 7) is 0.495. The second kappa shape index (κ2) is 7.68. The summed E-state index contributed by atoms with van der Waals surface area (Å²) in [7, 11) is -3.44. The number of aryl methyl sites for hydroxylation is 1. The Morgan fingerprint density at radius 2 is 2.00 bits per heavy atom. The molecule has 0 saturated carbocycles. The maximum atomic E-state index is 11.1. The SMILES string of the molecule is NS(=O)(=O)CCCNc1nc(-c2cccc(Cl)c2)nc2c1CCCC2. The molecule has 0 aliphatic heterocycles. The Balaban J connectivity index is 1.86. The van der Waals surface area contributed by atoms with Crippen molar-refractivity contribution in [1.82, 2.24) is 9.97 Å². The van der Waals surface area contributed by atoms with E-state index in [2.05, 4.69) is 10.3 Å². The Morgan fingerprint density at radius 1 is 1.20 bits per heavy atom. The standard InChI is InChI=1S/C17H21ClN4O2S/c18-13-6-3-5-12(11-13)16-21-15-8-2-1-7-14(15)17(22-16)20-9-4-10-25(19,23)24/h3,5-6,11H,1-2,4,7-10H2,(H2,19,23,24)(H,20,21,22). The number of aromatic nitrogens is 2. The lowest BCUT2D eigenvalue weighted by Gasteiger charge is -2.20. The second-order valence-corrected chi connectivity index (χ2v) is 8.36. The summed E-state index contributed by atoms with van der Waals surface area (Å²) in [5.41, 5.74) is 3.06. The Hall–Kier alpha value is -1.70.